The summed E-state index contributed by atoms with van der Waals surface area (Å²) in [5, 5.41) is 14.7. The molecule has 1 aliphatic carbocycles. The lowest BCUT2D eigenvalue weighted by Gasteiger charge is -2.26. The summed E-state index contributed by atoms with van der Waals surface area (Å²) in [6.45, 7) is 4.18. The van der Waals surface area contributed by atoms with E-state index >= 15 is 0 Å². The third kappa shape index (κ3) is 2.94. The maximum atomic E-state index is 10.3. The lowest BCUT2D eigenvalue weighted by atomic mass is 9.83. The Kier molecular flexibility index (Phi) is 4.44. The van der Waals surface area contributed by atoms with Crippen LogP contribution in [-0.4, -0.2) is 21.0 Å². The molecule has 1 heterocycles. The summed E-state index contributed by atoms with van der Waals surface area (Å²) in [7, 11) is 1.99. The van der Waals surface area contributed by atoms with E-state index in [1.165, 1.54) is 43.4 Å². The summed E-state index contributed by atoms with van der Waals surface area (Å²) in [4.78, 5) is 0. The average Bonchev–Trinajstić information content (AvgIpc) is 2.62. The molecular formula is C15H26N2O. The summed E-state index contributed by atoms with van der Waals surface area (Å²) in [5.74, 6) is 0.538. The quantitative estimate of drug-likeness (QED) is 0.892. The number of nitrogens with zero attached hydrogens (tertiary/aromatic N) is 2. The lowest BCUT2D eigenvalue weighted by molar-refractivity contribution is 0.0775. The first-order valence-corrected chi connectivity index (χ1v) is 7.26. The first-order chi connectivity index (χ1) is 8.59. The van der Waals surface area contributed by atoms with E-state index in [-0.39, 0.29) is 6.10 Å². The molecule has 0 spiro atoms. The Bertz CT molecular complexity index is 391. The van der Waals surface area contributed by atoms with Crippen LogP contribution in [0.25, 0.3) is 0 Å². The Morgan fingerprint density at radius 3 is 2.50 bits per heavy atom. The van der Waals surface area contributed by atoms with Crippen molar-refractivity contribution in [1.29, 1.82) is 0 Å². The molecular weight excluding hydrogens is 224 g/mol. The summed E-state index contributed by atoms with van der Waals surface area (Å²) >= 11 is 0. The second-order valence-electron chi connectivity index (χ2n) is 5.78. The number of rotatable bonds is 4. The van der Waals surface area contributed by atoms with E-state index in [0.717, 1.165) is 18.5 Å². The summed E-state index contributed by atoms with van der Waals surface area (Å²) in [6.07, 6.45) is 8.10. The smallest absolute Gasteiger partial charge is 0.0628 e. The standard InChI is InChI=1S/C15H26N2O/c1-11-14(12(2)17(3)16-11)9-10-15(18)13-7-5-4-6-8-13/h13,15,18H,4-10H2,1-3H3. The number of aromatic nitrogens is 2. The topological polar surface area (TPSA) is 38.0 Å². The zero-order valence-corrected chi connectivity index (χ0v) is 11.9. The molecule has 1 N–H and O–H groups in total. The van der Waals surface area contributed by atoms with E-state index in [2.05, 4.69) is 18.9 Å². The van der Waals surface area contributed by atoms with Gasteiger partial charge in [-0.2, -0.15) is 5.10 Å². The number of aliphatic hydroxyl groups is 1. The van der Waals surface area contributed by atoms with Crippen molar-refractivity contribution in [3.05, 3.63) is 17.0 Å². The van der Waals surface area contributed by atoms with Gasteiger partial charge in [-0.1, -0.05) is 19.3 Å². The minimum atomic E-state index is -0.121. The average molecular weight is 250 g/mol. The molecule has 1 aliphatic rings. The van der Waals surface area contributed by atoms with E-state index in [9.17, 15) is 5.11 Å². The van der Waals surface area contributed by atoms with Crippen molar-refractivity contribution >= 4 is 0 Å². The minimum Gasteiger partial charge on any atom is -0.393 e. The Morgan fingerprint density at radius 1 is 1.28 bits per heavy atom. The van der Waals surface area contributed by atoms with Gasteiger partial charge in [0.05, 0.1) is 11.8 Å². The Hall–Kier alpha value is -0.830. The molecule has 0 aromatic carbocycles. The van der Waals surface area contributed by atoms with Gasteiger partial charge in [-0.3, -0.25) is 4.68 Å². The van der Waals surface area contributed by atoms with Crippen molar-refractivity contribution in [2.24, 2.45) is 13.0 Å². The van der Waals surface area contributed by atoms with Crippen LogP contribution in [0.15, 0.2) is 0 Å². The highest BCUT2D eigenvalue weighted by atomic mass is 16.3. The van der Waals surface area contributed by atoms with Crippen LogP contribution in [0.1, 0.15) is 55.5 Å². The van der Waals surface area contributed by atoms with Gasteiger partial charge in [0.1, 0.15) is 0 Å². The zero-order chi connectivity index (χ0) is 13.1. The summed E-state index contributed by atoms with van der Waals surface area (Å²) in [5.41, 5.74) is 3.68. The normalized spacial score (nSPS) is 19.1. The van der Waals surface area contributed by atoms with E-state index in [0.29, 0.717) is 5.92 Å². The maximum Gasteiger partial charge on any atom is 0.0628 e. The van der Waals surface area contributed by atoms with Crippen molar-refractivity contribution in [3.63, 3.8) is 0 Å². The predicted molar refractivity (Wildman–Crippen MR) is 73.6 cm³/mol. The summed E-state index contributed by atoms with van der Waals surface area (Å²) in [6, 6.07) is 0. The molecule has 3 nitrogen and oxygen atoms in total. The SMILES string of the molecule is Cc1nn(C)c(C)c1CCC(O)C1CCCCC1. The van der Waals surface area contributed by atoms with Gasteiger partial charge in [-0.05, 0) is 51.0 Å². The molecule has 1 fully saturated rings. The van der Waals surface area contributed by atoms with Gasteiger partial charge in [0.15, 0.2) is 0 Å². The molecule has 102 valence electrons. The molecule has 3 heteroatoms. The highest BCUT2D eigenvalue weighted by Gasteiger charge is 2.22. The molecule has 0 saturated heterocycles. The number of hydrogen-bond acceptors (Lipinski definition) is 2. The fourth-order valence-corrected chi connectivity index (χ4v) is 3.23. The van der Waals surface area contributed by atoms with Crippen molar-refractivity contribution in [2.75, 3.05) is 0 Å². The molecule has 1 saturated carbocycles. The molecule has 1 aromatic heterocycles. The second kappa shape index (κ2) is 5.87. The van der Waals surface area contributed by atoms with E-state index in [1.54, 1.807) is 0 Å². The Morgan fingerprint density at radius 2 is 1.94 bits per heavy atom. The minimum absolute atomic E-state index is 0.121. The second-order valence-corrected chi connectivity index (χ2v) is 5.78. The maximum absolute atomic E-state index is 10.3. The van der Waals surface area contributed by atoms with Crippen LogP contribution < -0.4 is 0 Å². The third-order valence-corrected chi connectivity index (χ3v) is 4.54. The summed E-state index contributed by atoms with van der Waals surface area (Å²) < 4.78 is 1.94. The van der Waals surface area contributed by atoms with Gasteiger partial charge in [0.25, 0.3) is 0 Å². The van der Waals surface area contributed by atoms with Crippen molar-refractivity contribution < 1.29 is 5.11 Å². The van der Waals surface area contributed by atoms with E-state index in [4.69, 9.17) is 0 Å². The Balaban J connectivity index is 1.90. The molecule has 1 aromatic rings. The van der Waals surface area contributed by atoms with Crippen LogP contribution in [0.3, 0.4) is 0 Å². The third-order valence-electron chi connectivity index (χ3n) is 4.54. The zero-order valence-electron chi connectivity index (χ0n) is 11.9. The molecule has 18 heavy (non-hydrogen) atoms. The van der Waals surface area contributed by atoms with Crippen LogP contribution >= 0.6 is 0 Å². The molecule has 0 aliphatic heterocycles. The fourth-order valence-electron chi connectivity index (χ4n) is 3.23. The van der Waals surface area contributed by atoms with Gasteiger partial charge in [-0.15, -0.1) is 0 Å². The van der Waals surface area contributed by atoms with E-state index < -0.39 is 0 Å². The van der Waals surface area contributed by atoms with Gasteiger partial charge in [0, 0.05) is 12.7 Å². The van der Waals surface area contributed by atoms with Crippen molar-refractivity contribution in [1.82, 2.24) is 9.78 Å². The molecule has 0 bridgehead atoms. The monoisotopic (exact) mass is 250 g/mol. The fraction of sp³-hybridized carbons (Fsp3) is 0.800. The van der Waals surface area contributed by atoms with Gasteiger partial charge < -0.3 is 5.11 Å². The highest BCUT2D eigenvalue weighted by Crippen LogP contribution is 2.28. The number of aryl methyl sites for hydroxylation is 2. The molecule has 2 rings (SSSR count). The molecule has 1 atom stereocenters. The Labute approximate surface area is 110 Å². The van der Waals surface area contributed by atoms with Crippen molar-refractivity contribution in [3.8, 4) is 0 Å². The van der Waals surface area contributed by atoms with Gasteiger partial charge >= 0.3 is 0 Å². The largest absolute Gasteiger partial charge is 0.393 e. The molecule has 0 radical (unpaired) electrons. The van der Waals surface area contributed by atoms with Gasteiger partial charge in [-0.25, -0.2) is 0 Å². The molecule has 0 amide bonds. The van der Waals surface area contributed by atoms with Crippen LogP contribution in [0.5, 0.6) is 0 Å². The first-order valence-electron chi connectivity index (χ1n) is 7.26. The van der Waals surface area contributed by atoms with Crippen LogP contribution in [0.2, 0.25) is 0 Å². The van der Waals surface area contributed by atoms with Gasteiger partial charge in [0.2, 0.25) is 0 Å². The number of hydrogen-bond donors (Lipinski definition) is 1. The van der Waals surface area contributed by atoms with E-state index in [1.807, 2.05) is 11.7 Å². The molecule has 1 unspecified atom stereocenters. The van der Waals surface area contributed by atoms with Crippen LogP contribution in [0.4, 0.5) is 0 Å². The van der Waals surface area contributed by atoms with Crippen LogP contribution in [-0.2, 0) is 13.5 Å². The predicted octanol–water partition coefficient (Wildman–Crippen LogP) is 2.91. The lowest BCUT2D eigenvalue weighted by Crippen LogP contribution is -2.23. The first kappa shape index (κ1) is 13.6. The number of aliphatic hydroxyl groups excluding tert-OH is 1. The van der Waals surface area contributed by atoms with Crippen molar-refractivity contribution in [2.45, 2.75) is 64.9 Å². The van der Waals surface area contributed by atoms with Crippen LogP contribution in [0, 0.1) is 19.8 Å². The highest BCUT2D eigenvalue weighted by molar-refractivity contribution is 5.24.